The fraction of sp³-hybridized carbons (Fsp3) is 0.0909. The largest absolute Gasteiger partial charge is 0.438 e. The molecule has 2 aromatic heterocycles. The number of hydrogen-bond donors (Lipinski definition) is 1. The molecule has 0 aliphatic carbocycles. The van der Waals surface area contributed by atoms with Crippen molar-refractivity contribution < 1.29 is 9.53 Å². The Balaban J connectivity index is 1.41. The number of carbonyl (C=O) groups is 1. The standard InChI is InChI=1S/C22H19N5O2/c1-15-14-16(2)27(26-15)20-12-13-21(25-24-20)29-19-10-8-18(9-11-19)23-22(28)17-6-4-3-5-7-17/h3-14H,1-2H3,(H,23,28). The van der Waals surface area contributed by atoms with Gasteiger partial charge in [0, 0.05) is 23.0 Å². The van der Waals surface area contributed by atoms with E-state index in [1.165, 1.54) is 0 Å². The topological polar surface area (TPSA) is 81.9 Å². The van der Waals surface area contributed by atoms with Crippen LogP contribution in [0.1, 0.15) is 21.7 Å². The molecule has 0 radical (unpaired) electrons. The van der Waals surface area contributed by atoms with Crippen LogP contribution in [0.2, 0.25) is 0 Å². The first-order valence-electron chi connectivity index (χ1n) is 9.10. The van der Waals surface area contributed by atoms with Crippen molar-refractivity contribution in [2.45, 2.75) is 13.8 Å². The quantitative estimate of drug-likeness (QED) is 0.553. The molecule has 0 saturated carbocycles. The molecule has 0 unspecified atom stereocenters. The lowest BCUT2D eigenvalue weighted by atomic mass is 10.2. The van der Waals surface area contributed by atoms with Gasteiger partial charge in [-0.25, -0.2) is 4.68 Å². The highest BCUT2D eigenvalue weighted by Crippen LogP contribution is 2.22. The molecule has 7 nitrogen and oxygen atoms in total. The number of carbonyl (C=O) groups excluding carboxylic acids is 1. The Morgan fingerprint density at radius 3 is 2.31 bits per heavy atom. The summed E-state index contributed by atoms with van der Waals surface area (Å²) in [7, 11) is 0. The number of amides is 1. The number of anilines is 1. The van der Waals surface area contributed by atoms with Gasteiger partial charge in [0.15, 0.2) is 5.82 Å². The zero-order valence-corrected chi connectivity index (χ0v) is 16.0. The molecule has 0 fully saturated rings. The predicted octanol–water partition coefficient (Wildman–Crippen LogP) is 4.32. The third-order valence-corrected chi connectivity index (χ3v) is 4.22. The fourth-order valence-electron chi connectivity index (χ4n) is 2.86. The fourth-order valence-corrected chi connectivity index (χ4v) is 2.86. The molecule has 0 atom stereocenters. The predicted molar refractivity (Wildman–Crippen MR) is 110 cm³/mol. The summed E-state index contributed by atoms with van der Waals surface area (Å²) in [5.74, 6) is 1.43. The summed E-state index contributed by atoms with van der Waals surface area (Å²) >= 11 is 0. The minimum Gasteiger partial charge on any atom is -0.438 e. The average molecular weight is 385 g/mol. The van der Waals surface area contributed by atoms with Crippen LogP contribution in [-0.2, 0) is 0 Å². The van der Waals surface area contributed by atoms with Crippen molar-refractivity contribution in [3.05, 3.63) is 89.7 Å². The van der Waals surface area contributed by atoms with Crippen molar-refractivity contribution in [3.8, 4) is 17.4 Å². The van der Waals surface area contributed by atoms with Crippen LogP contribution in [0.5, 0.6) is 11.6 Å². The molecule has 7 heteroatoms. The summed E-state index contributed by atoms with van der Waals surface area (Å²) in [6.07, 6.45) is 0. The molecule has 1 amide bonds. The molecule has 144 valence electrons. The number of nitrogens with one attached hydrogen (secondary N) is 1. The van der Waals surface area contributed by atoms with E-state index in [0.717, 1.165) is 11.4 Å². The van der Waals surface area contributed by atoms with Crippen molar-refractivity contribution in [1.82, 2.24) is 20.0 Å². The van der Waals surface area contributed by atoms with Crippen LogP contribution in [0.3, 0.4) is 0 Å². The second-order valence-corrected chi connectivity index (χ2v) is 6.52. The van der Waals surface area contributed by atoms with Gasteiger partial charge in [-0.15, -0.1) is 10.2 Å². The minimum absolute atomic E-state index is 0.162. The molecule has 0 aliphatic heterocycles. The van der Waals surface area contributed by atoms with E-state index < -0.39 is 0 Å². The molecule has 0 aliphatic rings. The van der Waals surface area contributed by atoms with Gasteiger partial charge in [-0.3, -0.25) is 4.79 Å². The van der Waals surface area contributed by atoms with Crippen LogP contribution >= 0.6 is 0 Å². The molecule has 2 heterocycles. The minimum atomic E-state index is -0.162. The number of aromatic nitrogens is 4. The monoisotopic (exact) mass is 385 g/mol. The highest BCUT2D eigenvalue weighted by molar-refractivity contribution is 6.04. The van der Waals surface area contributed by atoms with Gasteiger partial charge in [0.05, 0.1) is 5.69 Å². The zero-order chi connectivity index (χ0) is 20.2. The Bertz CT molecular complexity index is 1120. The molecular formula is C22H19N5O2. The second kappa shape index (κ2) is 7.93. The van der Waals surface area contributed by atoms with E-state index in [9.17, 15) is 4.79 Å². The van der Waals surface area contributed by atoms with E-state index in [4.69, 9.17) is 4.74 Å². The average Bonchev–Trinajstić information content (AvgIpc) is 3.08. The summed E-state index contributed by atoms with van der Waals surface area (Å²) in [4.78, 5) is 12.2. The van der Waals surface area contributed by atoms with Crippen LogP contribution in [0.25, 0.3) is 5.82 Å². The number of nitrogens with zero attached hydrogens (tertiary/aromatic N) is 4. The third kappa shape index (κ3) is 4.30. The maximum atomic E-state index is 12.2. The number of benzene rings is 2. The Hall–Kier alpha value is -4.00. The number of ether oxygens (including phenoxy) is 1. The van der Waals surface area contributed by atoms with Gasteiger partial charge >= 0.3 is 0 Å². The SMILES string of the molecule is Cc1cc(C)n(-c2ccc(Oc3ccc(NC(=O)c4ccccc4)cc3)nn2)n1. The van der Waals surface area contributed by atoms with Gasteiger partial charge in [0.1, 0.15) is 5.75 Å². The Kier molecular flexibility index (Phi) is 5.03. The maximum Gasteiger partial charge on any atom is 0.255 e. The van der Waals surface area contributed by atoms with Crippen LogP contribution in [0, 0.1) is 13.8 Å². The van der Waals surface area contributed by atoms with E-state index in [1.54, 1.807) is 53.2 Å². The van der Waals surface area contributed by atoms with Crippen molar-refractivity contribution in [3.63, 3.8) is 0 Å². The number of aryl methyl sites for hydroxylation is 2. The molecular weight excluding hydrogens is 366 g/mol. The lowest BCUT2D eigenvalue weighted by Gasteiger charge is -2.08. The van der Waals surface area contributed by atoms with E-state index in [-0.39, 0.29) is 5.91 Å². The van der Waals surface area contributed by atoms with Gasteiger partial charge in [0.2, 0.25) is 5.88 Å². The summed E-state index contributed by atoms with van der Waals surface area (Å²) in [5, 5.41) is 15.5. The van der Waals surface area contributed by atoms with Crippen molar-refractivity contribution >= 4 is 11.6 Å². The first-order chi connectivity index (χ1) is 14.1. The maximum absolute atomic E-state index is 12.2. The van der Waals surface area contributed by atoms with Gasteiger partial charge in [-0.1, -0.05) is 18.2 Å². The number of rotatable bonds is 5. The molecule has 0 spiro atoms. The van der Waals surface area contributed by atoms with E-state index in [0.29, 0.717) is 28.7 Å². The molecule has 29 heavy (non-hydrogen) atoms. The van der Waals surface area contributed by atoms with Crippen molar-refractivity contribution in [2.75, 3.05) is 5.32 Å². The normalized spacial score (nSPS) is 10.6. The van der Waals surface area contributed by atoms with Gasteiger partial charge in [-0.2, -0.15) is 5.10 Å². The smallest absolute Gasteiger partial charge is 0.255 e. The highest BCUT2D eigenvalue weighted by atomic mass is 16.5. The molecule has 0 bridgehead atoms. The summed E-state index contributed by atoms with van der Waals surface area (Å²) < 4.78 is 7.47. The summed E-state index contributed by atoms with van der Waals surface area (Å²) in [6.45, 7) is 3.89. The van der Waals surface area contributed by atoms with Crippen molar-refractivity contribution in [1.29, 1.82) is 0 Å². The Morgan fingerprint density at radius 1 is 0.931 bits per heavy atom. The summed E-state index contributed by atoms with van der Waals surface area (Å²) in [5.41, 5.74) is 3.19. The molecule has 4 rings (SSSR count). The Labute approximate surface area is 168 Å². The lowest BCUT2D eigenvalue weighted by Crippen LogP contribution is -2.11. The van der Waals surface area contributed by atoms with Crippen LogP contribution in [0.4, 0.5) is 5.69 Å². The zero-order valence-electron chi connectivity index (χ0n) is 16.0. The number of hydrogen-bond acceptors (Lipinski definition) is 5. The second-order valence-electron chi connectivity index (χ2n) is 6.52. The first kappa shape index (κ1) is 18.4. The summed E-state index contributed by atoms with van der Waals surface area (Å²) in [6, 6.07) is 21.6. The first-order valence-corrected chi connectivity index (χ1v) is 9.10. The van der Waals surface area contributed by atoms with Gasteiger partial charge in [-0.05, 0) is 62.4 Å². The third-order valence-electron chi connectivity index (χ3n) is 4.22. The van der Waals surface area contributed by atoms with Crippen LogP contribution in [0.15, 0.2) is 72.8 Å². The van der Waals surface area contributed by atoms with E-state index in [1.807, 2.05) is 38.1 Å². The molecule has 2 aromatic carbocycles. The Morgan fingerprint density at radius 2 is 1.69 bits per heavy atom. The van der Waals surface area contributed by atoms with Crippen LogP contribution in [-0.4, -0.2) is 25.9 Å². The van der Waals surface area contributed by atoms with Crippen LogP contribution < -0.4 is 10.1 Å². The van der Waals surface area contributed by atoms with Crippen molar-refractivity contribution in [2.24, 2.45) is 0 Å². The lowest BCUT2D eigenvalue weighted by molar-refractivity contribution is 0.102. The molecule has 0 saturated heterocycles. The molecule has 4 aromatic rings. The van der Waals surface area contributed by atoms with Gasteiger partial charge < -0.3 is 10.1 Å². The highest BCUT2D eigenvalue weighted by Gasteiger charge is 2.08. The van der Waals surface area contributed by atoms with E-state index >= 15 is 0 Å². The molecule has 1 N–H and O–H groups in total. The van der Waals surface area contributed by atoms with Gasteiger partial charge in [0.25, 0.3) is 5.91 Å². The van der Waals surface area contributed by atoms with E-state index in [2.05, 4.69) is 20.6 Å².